The topological polar surface area (TPSA) is 12.0 Å². The van der Waals surface area contributed by atoms with Crippen LogP contribution in [0.5, 0.6) is 0 Å². The highest BCUT2D eigenvalue weighted by Gasteiger charge is 2.15. The van der Waals surface area contributed by atoms with Gasteiger partial charge in [-0.25, -0.2) is 0 Å². The van der Waals surface area contributed by atoms with Crippen LogP contribution in [0.15, 0.2) is 29.2 Å². The van der Waals surface area contributed by atoms with Crippen molar-refractivity contribution in [3.05, 3.63) is 29.8 Å². The van der Waals surface area contributed by atoms with Crippen LogP contribution in [0.25, 0.3) is 0 Å². The molecule has 2 rings (SSSR count). The third kappa shape index (κ3) is 2.76. The molecule has 0 aromatic heterocycles. The standard InChI is InChI=1S/C13H19NS/c1-15-13-9-5-4-7-11(13)12-8-3-2-6-10-14-12/h4-5,7,9,12,14H,2-3,6,8,10H2,1H3. The Morgan fingerprint density at radius 1 is 1.20 bits per heavy atom. The smallest absolute Gasteiger partial charge is 0.0331 e. The minimum atomic E-state index is 0.580. The average molecular weight is 221 g/mol. The van der Waals surface area contributed by atoms with Crippen LogP contribution in [0.2, 0.25) is 0 Å². The highest BCUT2D eigenvalue weighted by atomic mass is 32.2. The summed E-state index contributed by atoms with van der Waals surface area (Å²) in [5, 5.41) is 3.66. The lowest BCUT2D eigenvalue weighted by Crippen LogP contribution is -2.20. The molecule has 1 nitrogen and oxygen atoms in total. The SMILES string of the molecule is CSc1ccccc1C1CCCCCN1. The summed E-state index contributed by atoms with van der Waals surface area (Å²) in [6.07, 6.45) is 7.52. The van der Waals surface area contributed by atoms with Crippen molar-refractivity contribution in [2.75, 3.05) is 12.8 Å². The molecular weight excluding hydrogens is 202 g/mol. The van der Waals surface area contributed by atoms with Gasteiger partial charge in [0.05, 0.1) is 0 Å². The molecule has 15 heavy (non-hydrogen) atoms. The minimum absolute atomic E-state index is 0.580. The Labute approximate surface area is 96.7 Å². The summed E-state index contributed by atoms with van der Waals surface area (Å²) in [5.41, 5.74) is 1.49. The molecular formula is C13H19NS. The first kappa shape index (κ1) is 11.0. The van der Waals surface area contributed by atoms with Gasteiger partial charge in [-0.1, -0.05) is 31.0 Å². The maximum Gasteiger partial charge on any atom is 0.0331 e. The molecule has 1 heterocycles. The molecule has 1 fully saturated rings. The number of hydrogen-bond donors (Lipinski definition) is 1. The summed E-state index contributed by atoms with van der Waals surface area (Å²) in [4.78, 5) is 1.43. The first-order chi connectivity index (χ1) is 7.42. The van der Waals surface area contributed by atoms with E-state index in [4.69, 9.17) is 0 Å². The molecule has 0 radical (unpaired) electrons. The van der Waals surface area contributed by atoms with Gasteiger partial charge in [-0.3, -0.25) is 0 Å². The van der Waals surface area contributed by atoms with Gasteiger partial charge in [-0.05, 0) is 37.3 Å². The molecule has 1 N–H and O–H groups in total. The second-order valence-corrected chi connectivity index (χ2v) is 4.95. The zero-order valence-corrected chi connectivity index (χ0v) is 10.1. The van der Waals surface area contributed by atoms with E-state index in [2.05, 4.69) is 35.8 Å². The summed E-state index contributed by atoms with van der Waals surface area (Å²) < 4.78 is 0. The van der Waals surface area contributed by atoms with Crippen molar-refractivity contribution in [2.24, 2.45) is 0 Å². The number of thioether (sulfide) groups is 1. The monoisotopic (exact) mass is 221 g/mol. The molecule has 1 aliphatic heterocycles. The highest BCUT2D eigenvalue weighted by Crippen LogP contribution is 2.29. The number of benzene rings is 1. The van der Waals surface area contributed by atoms with Crippen LogP contribution in [0.1, 0.15) is 37.3 Å². The molecule has 1 unspecified atom stereocenters. The Bertz CT molecular complexity index is 303. The minimum Gasteiger partial charge on any atom is -0.310 e. The Hall–Kier alpha value is -0.470. The van der Waals surface area contributed by atoms with E-state index in [0.717, 1.165) is 0 Å². The van der Waals surface area contributed by atoms with Gasteiger partial charge < -0.3 is 5.32 Å². The third-order valence-corrected chi connectivity index (χ3v) is 3.89. The highest BCUT2D eigenvalue weighted by molar-refractivity contribution is 7.98. The predicted octanol–water partition coefficient (Wildman–Crippen LogP) is 3.61. The van der Waals surface area contributed by atoms with Crippen molar-refractivity contribution in [1.29, 1.82) is 0 Å². The largest absolute Gasteiger partial charge is 0.310 e. The third-order valence-electron chi connectivity index (χ3n) is 3.07. The lowest BCUT2D eigenvalue weighted by atomic mass is 10.0. The zero-order valence-electron chi connectivity index (χ0n) is 9.33. The maximum atomic E-state index is 3.66. The van der Waals surface area contributed by atoms with Gasteiger partial charge in [-0.15, -0.1) is 11.8 Å². The van der Waals surface area contributed by atoms with Gasteiger partial charge in [0, 0.05) is 10.9 Å². The van der Waals surface area contributed by atoms with E-state index in [1.54, 1.807) is 0 Å². The van der Waals surface area contributed by atoms with Crippen molar-refractivity contribution in [1.82, 2.24) is 5.32 Å². The second-order valence-electron chi connectivity index (χ2n) is 4.10. The first-order valence-corrected chi connectivity index (χ1v) is 7.00. The van der Waals surface area contributed by atoms with Crippen LogP contribution < -0.4 is 5.32 Å². The fourth-order valence-corrected chi connectivity index (χ4v) is 2.91. The van der Waals surface area contributed by atoms with E-state index in [-0.39, 0.29) is 0 Å². The lowest BCUT2D eigenvalue weighted by Gasteiger charge is -2.18. The van der Waals surface area contributed by atoms with Crippen molar-refractivity contribution in [2.45, 2.75) is 36.6 Å². The van der Waals surface area contributed by atoms with Crippen LogP contribution in [0.3, 0.4) is 0 Å². The van der Waals surface area contributed by atoms with E-state index in [1.165, 1.54) is 42.7 Å². The Kier molecular flexibility index (Phi) is 4.09. The van der Waals surface area contributed by atoms with E-state index >= 15 is 0 Å². The quantitative estimate of drug-likeness (QED) is 0.766. The molecule has 82 valence electrons. The van der Waals surface area contributed by atoms with Gasteiger partial charge in [0.1, 0.15) is 0 Å². The van der Waals surface area contributed by atoms with E-state index in [0.29, 0.717) is 6.04 Å². The molecule has 2 heteroatoms. The molecule has 1 aliphatic rings. The van der Waals surface area contributed by atoms with Crippen LogP contribution in [0, 0.1) is 0 Å². The number of hydrogen-bond acceptors (Lipinski definition) is 2. The lowest BCUT2D eigenvalue weighted by molar-refractivity contribution is 0.527. The number of rotatable bonds is 2. The second kappa shape index (κ2) is 5.57. The van der Waals surface area contributed by atoms with E-state index < -0.39 is 0 Å². The Morgan fingerprint density at radius 2 is 2.07 bits per heavy atom. The molecule has 0 aliphatic carbocycles. The van der Waals surface area contributed by atoms with Gasteiger partial charge in [0.25, 0.3) is 0 Å². The predicted molar refractivity (Wildman–Crippen MR) is 67.4 cm³/mol. The molecule has 0 saturated carbocycles. The maximum absolute atomic E-state index is 3.66. The van der Waals surface area contributed by atoms with Gasteiger partial charge in [0.2, 0.25) is 0 Å². The Balaban J connectivity index is 2.18. The van der Waals surface area contributed by atoms with Crippen molar-refractivity contribution in [3.63, 3.8) is 0 Å². The van der Waals surface area contributed by atoms with Crippen LogP contribution in [-0.2, 0) is 0 Å². The molecule has 0 spiro atoms. The van der Waals surface area contributed by atoms with Crippen LogP contribution in [-0.4, -0.2) is 12.8 Å². The zero-order chi connectivity index (χ0) is 10.5. The molecule has 1 saturated heterocycles. The van der Waals surface area contributed by atoms with Crippen molar-refractivity contribution < 1.29 is 0 Å². The summed E-state index contributed by atoms with van der Waals surface area (Å²) in [6.45, 7) is 1.17. The van der Waals surface area contributed by atoms with E-state index in [9.17, 15) is 0 Å². The van der Waals surface area contributed by atoms with Gasteiger partial charge in [0.15, 0.2) is 0 Å². The average Bonchev–Trinajstić information content (AvgIpc) is 2.57. The van der Waals surface area contributed by atoms with Crippen molar-refractivity contribution >= 4 is 11.8 Å². The summed E-state index contributed by atoms with van der Waals surface area (Å²) in [7, 11) is 0. The molecule has 0 bridgehead atoms. The van der Waals surface area contributed by atoms with Gasteiger partial charge in [-0.2, -0.15) is 0 Å². The van der Waals surface area contributed by atoms with Gasteiger partial charge >= 0.3 is 0 Å². The van der Waals surface area contributed by atoms with E-state index in [1.807, 2.05) is 11.8 Å². The fraction of sp³-hybridized carbons (Fsp3) is 0.538. The normalized spacial score (nSPS) is 22.3. The summed E-state index contributed by atoms with van der Waals surface area (Å²) in [5.74, 6) is 0. The first-order valence-electron chi connectivity index (χ1n) is 5.78. The molecule has 1 aromatic rings. The molecule has 1 aromatic carbocycles. The van der Waals surface area contributed by atoms with Crippen molar-refractivity contribution in [3.8, 4) is 0 Å². The summed E-state index contributed by atoms with van der Waals surface area (Å²) in [6, 6.07) is 9.37. The molecule has 1 atom stereocenters. The summed E-state index contributed by atoms with van der Waals surface area (Å²) >= 11 is 1.86. The van der Waals surface area contributed by atoms with Crippen LogP contribution in [0.4, 0.5) is 0 Å². The van der Waals surface area contributed by atoms with Crippen LogP contribution >= 0.6 is 11.8 Å². The fourth-order valence-electron chi connectivity index (χ4n) is 2.25. The Morgan fingerprint density at radius 3 is 2.93 bits per heavy atom. The molecule has 0 amide bonds. The number of nitrogens with one attached hydrogen (secondary N) is 1.